The van der Waals surface area contributed by atoms with E-state index in [2.05, 4.69) is 12.2 Å². The molecule has 0 spiro atoms. The summed E-state index contributed by atoms with van der Waals surface area (Å²) in [6.07, 6.45) is 5.08. The number of carbonyl (C=O) groups is 2. The zero-order chi connectivity index (χ0) is 13.1. The maximum absolute atomic E-state index is 11.6. The van der Waals surface area contributed by atoms with Gasteiger partial charge in [0.2, 0.25) is 0 Å². The highest BCUT2D eigenvalue weighted by molar-refractivity contribution is 5.70. The quantitative estimate of drug-likeness (QED) is 0.594. The predicted octanol–water partition coefficient (Wildman–Crippen LogP) is 2.29. The molecule has 4 nitrogen and oxygen atoms in total. The van der Waals surface area contributed by atoms with Gasteiger partial charge in [-0.1, -0.05) is 19.1 Å². The molecular weight excluding hydrogens is 218 g/mol. The van der Waals surface area contributed by atoms with Crippen molar-refractivity contribution in [3.05, 3.63) is 12.2 Å². The lowest BCUT2D eigenvalue weighted by molar-refractivity contribution is -0.112. The number of aldehydes is 1. The van der Waals surface area contributed by atoms with Crippen LogP contribution < -0.4 is 5.32 Å². The van der Waals surface area contributed by atoms with Crippen LogP contribution in [0.2, 0.25) is 0 Å². The van der Waals surface area contributed by atoms with Gasteiger partial charge < -0.3 is 14.8 Å². The number of hydrogen-bond donors (Lipinski definition) is 1. The first-order valence-electron chi connectivity index (χ1n) is 5.95. The average molecular weight is 239 g/mol. The van der Waals surface area contributed by atoms with Gasteiger partial charge in [-0.2, -0.15) is 0 Å². The second-order valence-corrected chi connectivity index (χ2v) is 5.57. The summed E-state index contributed by atoms with van der Waals surface area (Å²) in [5.41, 5.74) is -0.521. The molecule has 3 unspecified atom stereocenters. The fourth-order valence-electron chi connectivity index (χ4n) is 1.85. The molecule has 96 valence electrons. The van der Waals surface area contributed by atoms with Crippen molar-refractivity contribution in [3.8, 4) is 0 Å². The van der Waals surface area contributed by atoms with Crippen molar-refractivity contribution in [1.82, 2.24) is 5.32 Å². The first-order valence-corrected chi connectivity index (χ1v) is 5.95. The Balaban J connectivity index is 2.58. The largest absolute Gasteiger partial charge is 0.444 e. The summed E-state index contributed by atoms with van der Waals surface area (Å²) < 4.78 is 5.16. The highest BCUT2D eigenvalue weighted by Crippen LogP contribution is 2.22. The van der Waals surface area contributed by atoms with Crippen LogP contribution in [-0.2, 0) is 9.53 Å². The van der Waals surface area contributed by atoms with E-state index in [0.29, 0.717) is 5.92 Å². The summed E-state index contributed by atoms with van der Waals surface area (Å²) in [6.45, 7) is 7.48. The van der Waals surface area contributed by atoms with E-state index in [0.717, 1.165) is 12.7 Å². The Labute approximate surface area is 102 Å². The highest BCUT2D eigenvalue weighted by Gasteiger charge is 2.27. The number of ether oxygens (including phenoxy) is 1. The van der Waals surface area contributed by atoms with E-state index in [-0.39, 0.29) is 12.0 Å². The molecule has 0 radical (unpaired) electrons. The van der Waals surface area contributed by atoms with Gasteiger partial charge in [0.25, 0.3) is 0 Å². The zero-order valence-corrected chi connectivity index (χ0v) is 10.9. The molecule has 0 aromatic rings. The minimum Gasteiger partial charge on any atom is -0.444 e. The number of allylic oxidation sites excluding steroid dienone is 1. The van der Waals surface area contributed by atoms with E-state index in [4.69, 9.17) is 4.74 Å². The molecule has 0 fully saturated rings. The molecule has 1 aliphatic carbocycles. The summed E-state index contributed by atoms with van der Waals surface area (Å²) in [5, 5.41) is 2.72. The van der Waals surface area contributed by atoms with Gasteiger partial charge in [0, 0.05) is 5.92 Å². The molecule has 17 heavy (non-hydrogen) atoms. The van der Waals surface area contributed by atoms with E-state index in [1.54, 1.807) is 0 Å². The van der Waals surface area contributed by atoms with Crippen molar-refractivity contribution in [2.45, 2.75) is 45.8 Å². The van der Waals surface area contributed by atoms with Crippen LogP contribution in [0.3, 0.4) is 0 Å². The number of hydrogen-bond acceptors (Lipinski definition) is 3. The van der Waals surface area contributed by atoms with Crippen molar-refractivity contribution in [2.75, 3.05) is 0 Å². The molecule has 1 rings (SSSR count). The van der Waals surface area contributed by atoms with Crippen LogP contribution in [0, 0.1) is 11.8 Å². The van der Waals surface area contributed by atoms with Gasteiger partial charge in [0.1, 0.15) is 11.9 Å². The molecule has 0 aliphatic heterocycles. The minimum atomic E-state index is -0.521. The van der Waals surface area contributed by atoms with Gasteiger partial charge in [0.15, 0.2) is 0 Å². The van der Waals surface area contributed by atoms with Crippen molar-refractivity contribution >= 4 is 12.4 Å². The Morgan fingerprint density at radius 1 is 1.41 bits per heavy atom. The van der Waals surface area contributed by atoms with E-state index >= 15 is 0 Å². The fourth-order valence-corrected chi connectivity index (χ4v) is 1.85. The smallest absolute Gasteiger partial charge is 0.408 e. The zero-order valence-electron chi connectivity index (χ0n) is 10.9. The summed E-state index contributed by atoms with van der Waals surface area (Å²) >= 11 is 0. The van der Waals surface area contributed by atoms with Gasteiger partial charge in [-0.05, 0) is 33.1 Å². The normalized spacial score (nSPS) is 28.6. The van der Waals surface area contributed by atoms with Gasteiger partial charge in [-0.25, -0.2) is 4.79 Å². The maximum atomic E-state index is 11.6. The Hall–Kier alpha value is -1.32. The predicted molar refractivity (Wildman–Crippen MR) is 65.6 cm³/mol. The molecule has 0 heterocycles. The molecular formula is C13H21NO3. The van der Waals surface area contributed by atoms with Crippen molar-refractivity contribution in [2.24, 2.45) is 11.8 Å². The van der Waals surface area contributed by atoms with Crippen molar-refractivity contribution < 1.29 is 14.3 Å². The number of amides is 1. The van der Waals surface area contributed by atoms with Crippen molar-refractivity contribution in [1.29, 1.82) is 0 Å². The summed E-state index contributed by atoms with van der Waals surface area (Å²) in [4.78, 5) is 22.5. The SMILES string of the molecule is CC1C=CC(NC(=O)OC(C)(C)C)C(C=O)C1. The molecule has 0 saturated carbocycles. The van der Waals surface area contributed by atoms with E-state index in [1.807, 2.05) is 32.9 Å². The first-order chi connectivity index (χ1) is 7.81. The van der Waals surface area contributed by atoms with Gasteiger partial charge in [-0.3, -0.25) is 0 Å². The Bertz CT molecular complexity index is 317. The third kappa shape index (κ3) is 4.59. The summed E-state index contributed by atoms with van der Waals surface area (Å²) in [7, 11) is 0. The number of carbonyl (C=O) groups excluding carboxylic acids is 2. The number of nitrogens with one attached hydrogen (secondary N) is 1. The molecule has 0 bridgehead atoms. The van der Waals surface area contributed by atoms with Crippen LogP contribution in [-0.4, -0.2) is 24.0 Å². The lowest BCUT2D eigenvalue weighted by Gasteiger charge is -2.28. The maximum Gasteiger partial charge on any atom is 0.408 e. The second-order valence-electron chi connectivity index (χ2n) is 5.57. The van der Waals surface area contributed by atoms with E-state index < -0.39 is 11.7 Å². The number of alkyl carbamates (subject to hydrolysis) is 1. The number of rotatable bonds is 2. The van der Waals surface area contributed by atoms with Gasteiger partial charge in [0.05, 0.1) is 6.04 Å². The van der Waals surface area contributed by atoms with Gasteiger partial charge in [-0.15, -0.1) is 0 Å². The van der Waals surface area contributed by atoms with Crippen molar-refractivity contribution in [3.63, 3.8) is 0 Å². The minimum absolute atomic E-state index is 0.164. The average Bonchev–Trinajstić information content (AvgIpc) is 2.17. The Kier molecular flexibility index (Phi) is 4.32. The molecule has 0 aromatic heterocycles. The Morgan fingerprint density at radius 3 is 2.59 bits per heavy atom. The highest BCUT2D eigenvalue weighted by atomic mass is 16.6. The van der Waals surface area contributed by atoms with Crippen LogP contribution in [0.15, 0.2) is 12.2 Å². The van der Waals surface area contributed by atoms with Crippen LogP contribution in [0.1, 0.15) is 34.1 Å². The molecule has 1 amide bonds. The monoisotopic (exact) mass is 239 g/mol. The molecule has 0 saturated heterocycles. The first kappa shape index (κ1) is 13.7. The topological polar surface area (TPSA) is 55.4 Å². The molecule has 0 aromatic carbocycles. The molecule has 4 heteroatoms. The van der Waals surface area contributed by atoms with Crippen LogP contribution in [0.25, 0.3) is 0 Å². The van der Waals surface area contributed by atoms with Gasteiger partial charge >= 0.3 is 6.09 Å². The van der Waals surface area contributed by atoms with Crippen LogP contribution >= 0.6 is 0 Å². The van der Waals surface area contributed by atoms with E-state index in [1.165, 1.54) is 0 Å². The Morgan fingerprint density at radius 2 is 2.06 bits per heavy atom. The molecule has 1 aliphatic rings. The fraction of sp³-hybridized carbons (Fsp3) is 0.692. The second kappa shape index (κ2) is 5.34. The summed E-state index contributed by atoms with van der Waals surface area (Å²) in [6, 6.07) is -0.251. The third-order valence-corrected chi connectivity index (χ3v) is 2.61. The molecule has 1 N–H and O–H groups in total. The third-order valence-electron chi connectivity index (χ3n) is 2.61. The van der Waals surface area contributed by atoms with E-state index in [9.17, 15) is 9.59 Å². The summed E-state index contributed by atoms with van der Waals surface area (Å²) in [5.74, 6) is 0.212. The lowest BCUT2D eigenvalue weighted by Crippen LogP contribution is -2.44. The van der Waals surface area contributed by atoms with Crippen LogP contribution in [0.4, 0.5) is 4.79 Å². The van der Waals surface area contributed by atoms with Crippen LogP contribution in [0.5, 0.6) is 0 Å². The molecule has 3 atom stereocenters. The lowest BCUT2D eigenvalue weighted by atomic mass is 9.85. The standard InChI is InChI=1S/C13H21NO3/c1-9-5-6-11(10(7-9)8-15)14-12(16)17-13(2,3)4/h5-6,8-11H,7H2,1-4H3,(H,14,16).